The van der Waals surface area contributed by atoms with Crippen LogP contribution in [0.2, 0.25) is 0 Å². The van der Waals surface area contributed by atoms with E-state index in [2.05, 4.69) is 5.32 Å². The van der Waals surface area contributed by atoms with Gasteiger partial charge < -0.3 is 33.9 Å². The number of nitrogens with one attached hydrogen (secondary N) is 1. The van der Waals surface area contributed by atoms with Crippen molar-refractivity contribution in [3.8, 4) is 5.75 Å². The number of nitrogens with zero attached hydrogens (tertiary/aromatic N) is 1. The third-order valence-corrected chi connectivity index (χ3v) is 6.66. The lowest BCUT2D eigenvalue weighted by Crippen LogP contribution is -2.58. The first-order chi connectivity index (χ1) is 19.9. The lowest BCUT2D eigenvalue weighted by Gasteiger charge is -2.45. The predicted octanol–water partition coefficient (Wildman–Crippen LogP) is 3.09. The Labute approximate surface area is 238 Å². The van der Waals surface area contributed by atoms with Crippen molar-refractivity contribution in [1.82, 2.24) is 5.32 Å². The van der Waals surface area contributed by atoms with Gasteiger partial charge in [-0.1, -0.05) is 24.3 Å². The van der Waals surface area contributed by atoms with E-state index in [1.807, 2.05) is 0 Å². The molecule has 2 bridgehead atoms. The highest BCUT2D eigenvalue weighted by Gasteiger charge is 2.47. The van der Waals surface area contributed by atoms with Crippen LogP contribution in [0, 0.1) is 0 Å². The molecule has 2 aromatic rings. The van der Waals surface area contributed by atoms with Gasteiger partial charge in [0.25, 0.3) is 11.8 Å². The predicted molar refractivity (Wildman–Crippen MR) is 147 cm³/mol. The molecular formula is C30H34N2O9. The molecule has 0 radical (unpaired) electrons. The SMILES string of the molecule is CCOC(=O)C[C@H]1[C@@H]2OC(=O)CC/C=C\C(=O)N1c1ccc(OCOCCOC)cc1[C@@H]2NC(=O)c1ccccc1. The summed E-state index contributed by atoms with van der Waals surface area (Å²) in [7, 11) is 1.57. The van der Waals surface area contributed by atoms with Crippen molar-refractivity contribution >= 4 is 29.4 Å². The number of benzene rings is 2. The fourth-order valence-electron chi connectivity index (χ4n) is 4.80. The fraction of sp³-hybridized carbons (Fsp3) is 0.400. The van der Waals surface area contributed by atoms with Crippen molar-refractivity contribution in [2.75, 3.05) is 38.6 Å². The number of allylic oxidation sites excluding steroid dienone is 1. The van der Waals surface area contributed by atoms with Crippen LogP contribution in [-0.2, 0) is 33.3 Å². The molecule has 11 nitrogen and oxygen atoms in total. The number of esters is 2. The molecule has 1 N–H and O–H groups in total. The van der Waals surface area contributed by atoms with Crippen LogP contribution in [0.25, 0.3) is 0 Å². The van der Waals surface area contributed by atoms with Gasteiger partial charge in [0.15, 0.2) is 6.79 Å². The zero-order valence-electron chi connectivity index (χ0n) is 23.1. The van der Waals surface area contributed by atoms with Gasteiger partial charge in [0.2, 0.25) is 0 Å². The van der Waals surface area contributed by atoms with Crippen molar-refractivity contribution in [3.63, 3.8) is 0 Å². The largest absolute Gasteiger partial charge is 0.468 e. The summed E-state index contributed by atoms with van der Waals surface area (Å²) in [5.41, 5.74) is 1.30. The average Bonchev–Trinajstić information content (AvgIpc) is 2.97. The molecular weight excluding hydrogens is 532 g/mol. The maximum Gasteiger partial charge on any atom is 0.308 e. The minimum atomic E-state index is -1.10. The molecule has 2 heterocycles. The number of hydrogen-bond donors (Lipinski definition) is 1. The molecule has 2 amide bonds. The summed E-state index contributed by atoms with van der Waals surface area (Å²) in [5, 5.41) is 2.99. The molecule has 2 aliphatic heterocycles. The summed E-state index contributed by atoms with van der Waals surface area (Å²) in [6.07, 6.45) is 1.96. The van der Waals surface area contributed by atoms with Gasteiger partial charge in [-0.3, -0.25) is 19.2 Å². The highest BCUT2D eigenvalue weighted by molar-refractivity contribution is 6.04. The van der Waals surface area contributed by atoms with E-state index < -0.39 is 41.9 Å². The van der Waals surface area contributed by atoms with Crippen LogP contribution in [-0.4, -0.2) is 69.6 Å². The Morgan fingerprint density at radius 3 is 2.66 bits per heavy atom. The van der Waals surface area contributed by atoms with Gasteiger partial charge in [0.05, 0.1) is 44.0 Å². The smallest absolute Gasteiger partial charge is 0.308 e. The van der Waals surface area contributed by atoms with E-state index in [0.717, 1.165) is 0 Å². The number of rotatable bonds is 11. The number of carbonyl (C=O) groups is 4. The summed E-state index contributed by atoms with van der Waals surface area (Å²) >= 11 is 0. The van der Waals surface area contributed by atoms with Crippen molar-refractivity contribution in [1.29, 1.82) is 0 Å². The van der Waals surface area contributed by atoms with Gasteiger partial charge in [-0.2, -0.15) is 0 Å². The van der Waals surface area contributed by atoms with Gasteiger partial charge >= 0.3 is 11.9 Å². The number of carbonyl (C=O) groups excluding carboxylic acids is 4. The molecule has 2 aliphatic rings. The van der Waals surface area contributed by atoms with Crippen LogP contribution < -0.4 is 15.0 Å². The van der Waals surface area contributed by atoms with Crippen LogP contribution in [0.4, 0.5) is 5.69 Å². The third kappa shape index (κ3) is 7.50. The van der Waals surface area contributed by atoms with E-state index in [0.29, 0.717) is 42.2 Å². The van der Waals surface area contributed by atoms with E-state index in [4.69, 9.17) is 23.7 Å². The third-order valence-electron chi connectivity index (χ3n) is 6.66. The summed E-state index contributed by atoms with van der Waals surface area (Å²) in [6, 6.07) is 11.7. The Kier molecular flexibility index (Phi) is 10.5. The lowest BCUT2D eigenvalue weighted by molar-refractivity contribution is -0.156. The Hall–Kier alpha value is -4.22. The molecule has 0 saturated heterocycles. The number of ether oxygens (including phenoxy) is 5. The normalized spacial score (nSPS) is 20.8. The van der Waals surface area contributed by atoms with Gasteiger partial charge in [0, 0.05) is 24.7 Å². The molecule has 0 saturated carbocycles. The zero-order chi connectivity index (χ0) is 29.2. The molecule has 0 aliphatic carbocycles. The lowest BCUT2D eigenvalue weighted by atomic mass is 9.85. The second-order valence-electron chi connectivity index (χ2n) is 9.38. The van der Waals surface area contributed by atoms with Crippen LogP contribution >= 0.6 is 0 Å². The summed E-state index contributed by atoms with van der Waals surface area (Å²) < 4.78 is 27.3. The topological polar surface area (TPSA) is 130 Å². The van der Waals surface area contributed by atoms with Crippen molar-refractivity contribution in [3.05, 3.63) is 71.8 Å². The van der Waals surface area contributed by atoms with E-state index in [1.165, 1.54) is 11.0 Å². The Morgan fingerprint density at radius 1 is 1.10 bits per heavy atom. The van der Waals surface area contributed by atoms with E-state index >= 15 is 0 Å². The quantitative estimate of drug-likeness (QED) is 0.248. The summed E-state index contributed by atoms with van der Waals surface area (Å²) in [6.45, 7) is 2.50. The molecule has 0 aromatic heterocycles. The molecule has 3 atom stereocenters. The van der Waals surface area contributed by atoms with Gasteiger partial charge in [-0.15, -0.1) is 0 Å². The Balaban J connectivity index is 1.80. The minimum absolute atomic E-state index is 0.0284. The van der Waals surface area contributed by atoms with Crippen LogP contribution in [0.1, 0.15) is 48.1 Å². The van der Waals surface area contributed by atoms with E-state index in [-0.39, 0.29) is 26.2 Å². The van der Waals surface area contributed by atoms with Crippen LogP contribution in [0.3, 0.4) is 0 Å². The molecule has 0 fully saturated rings. The molecule has 2 aromatic carbocycles. The van der Waals surface area contributed by atoms with Gasteiger partial charge in [0.1, 0.15) is 11.9 Å². The second-order valence-corrected chi connectivity index (χ2v) is 9.38. The fourth-order valence-corrected chi connectivity index (χ4v) is 4.80. The number of anilines is 1. The summed E-state index contributed by atoms with van der Waals surface area (Å²) in [5.74, 6) is -1.50. The number of methoxy groups -OCH3 is 1. The number of fused-ring (bicyclic) bond motifs is 4. The first kappa shape index (κ1) is 29.8. The van der Waals surface area contributed by atoms with Crippen molar-refractivity contribution in [2.45, 2.75) is 44.4 Å². The second kappa shape index (κ2) is 14.4. The monoisotopic (exact) mass is 566 g/mol. The molecule has 11 heteroatoms. The van der Waals surface area contributed by atoms with Crippen molar-refractivity contribution in [2.24, 2.45) is 0 Å². The molecule has 41 heavy (non-hydrogen) atoms. The zero-order valence-corrected chi connectivity index (χ0v) is 23.1. The molecule has 4 rings (SSSR count). The average molecular weight is 567 g/mol. The van der Waals surface area contributed by atoms with Gasteiger partial charge in [-0.25, -0.2) is 0 Å². The van der Waals surface area contributed by atoms with E-state index in [9.17, 15) is 19.2 Å². The summed E-state index contributed by atoms with van der Waals surface area (Å²) in [4.78, 5) is 54.0. The Bertz CT molecular complexity index is 1260. The van der Waals surface area contributed by atoms with Crippen molar-refractivity contribution < 1.29 is 42.9 Å². The maximum atomic E-state index is 13.5. The molecule has 0 spiro atoms. The first-order valence-corrected chi connectivity index (χ1v) is 13.5. The minimum Gasteiger partial charge on any atom is -0.468 e. The Morgan fingerprint density at radius 2 is 1.90 bits per heavy atom. The highest BCUT2D eigenvalue weighted by Crippen LogP contribution is 2.42. The van der Waals surface area contributed by atoms with E-state index in [1.54, 1.807) is 68.6 Å². The molecule has 218 valence electrons. The van der Waals surface area contributed by atoms with Crippen LogP contribution in [0.15, 0.2) is 60.7 Å². The molecule has 0 unspecified atom stereocenters. The highest BCUT2D eigenvalue weighted by atomic mass is 16.7. The first-order valence-electron chi connectivity index (χ1n) is 13.5. The number of amides is 2. The number of hydrogen-bond acceptors (Lipinski definition) is 9. The standard InChI is InChI=1S/C30H34N2O9/c1-3-39-27(35)18-24-29-28(31-30(36)20-9-5-4-6-10-20)22-17-21(40-19-38-16-15-37-2)13-14-23(22)32(24)25(33)11-7-8-12-26(34)41-29/h4-7,9-11,13-14,17,24,28-29H,3,8,12,15-16,18-19H2,1-2H3,(H,31,36)/b11-7-/t24-,28-,29-/m0/s1. The maximum absolute atomic E-state index is 13.5. The van der Waals surface area contributed by atoms with Gasteiger partial charge in [-0.05, 0) is 49.8 Å². The van der Waals surface area contributed by atoms with Crippen LogP contribution in [0.5, 0.6) is 5.75 Å².